The molecule has 1 aromatic rings. The van der Waals surface area contributed by atoms with E-state index in [1.54, 1.807) is 0 Å². The maximum absolute atomic E-state index is 10.9. The van der Waals surface area contributed by atoms with Crippen molar-refractivity contribution in [3.63, 3.8) is 0 Å². The Hall–Kier alpha value is -2.17. The van der Waals surface area contributed by atoms with E-state index in [1.807, 2.05) is 13.0 Å². The van der Waals surface area contributed by atoms with Crippen molar-refractivity contribution in [2.24, 2.45) is 0 Å². The van der Waals surface area contributed by atoms with E-state index in [9.17, 15) is 15.2 Å². The average Bonchev–Trinajstić information content (AvgIpc) is 2.45. The van der Waals surface area contributed by atoms with E-state index >= 15 is 0 Å². The molecule has 108 valence electrons. The van der Waals surface area contributed by atoms with Gasteiger partial charge in [0.2, 0.25) is 0 Å². The summed E-state index contributed by atoms with van der Waals surface area (Å²) in [5.41, 5.74) is -0.0908. The van der Waals surface area contributed by atoms with Crippen LogP contribution in [-0.2, 0) is 0 Å². The van der Waals surface area contributed by atoms with Gasteiger partial charge in [-0.05, 0) is 25.1 Å². The third-order valence-corrected chi connectivity index (χ3v) is 2.52. The SMILES string of the molecule is CCCNCC(O)COc1ccc(C#N)cc1[N+](=O)[O-]. The molecule has 0 amide bonds. The molecule has 2 N–H and O–H groups in total. The Morgan fingerprint density at radius 2 is 2.35 bits per heavy atom. The number of nitrogens with one attached hydrogen (secondary N) is 1. The number of nitrogens with zero attached hydrogens (tertiary/aromatic N) is 2. The third-order valence-electron chi connectivity index (χ3n) is 2.52. The molecule has 0 heterocycles. The Kier molecular flexibility index (Phi) is 6.43. The minimum Gasteiger partial charge on any atom is -0.484 e. The second-order valence-corrected chi connectivity index (χ2v) is 4.22. The molecule has 1 atom stereocenters. The Labute approximate surface area is 116 Å². The number of hydrogen-bond donors (Lipinski definition) is 2. The molecular weight excluding hydrogens is 262 g/mol. The monoisotopic (exact) mass is 279 g/mol. The summed E-state index contributed by atoms with van der Waals surface area (Å²) < 4.78 is 5.25. The van der Waals surface area contributed by atoms with Crippen LogP contribution in [0.2, 0.25) is 0 Å². The standard InChI is InChI=1S/C13H17N3O4/c1-2-5-15-8-11(17)9-20-13-4-3-10(7-14)6-12(13)16(18)19/h3-4,6,11,15,17H,2,5,8-9H2,1H3. The maximum Gasteiger partial charge on any atom is 0.312 e. The van der Waals surface area contributed by atoms with E-state index in [-0.39, 0.29) is 23.6 Å². The summed E-state index contributed by atoms with van der Waals surface area (Å²) in [4.78, 5) is 10.3. The first kappa shape index (κ1) is 15.9. The molecule has 0 spiro atoms. The Balaban J connectivity index is 2.63. The summed E-state index contributed by atoms with van der Waals surface area (Å²) in [5.74, 6) is 0.0449. The van der Waals surface area contributed by atoms with Gasteiger partial charge in [-0.1, -0.05) is 6.92 Å². The molecule has 0 aliphatic carbocycles. The van der Waals surface area contributed by atoms with E-state index in [0.29, 0.717) is 6.54 Å². The first-order chi connectivity index (χ1) is 9.58. The van der Waals surface area contributed by atoms with Gasteiger partial charge in [-0.25, -0.2) is 0 Å². The van der Waals surface area contributed by atoms with E-state index in [1.165, 1.54) is 12.1 Å². The molecule has 1 rings (SSSR count). The van der Waals surface area contributed by atoms with Crippen LogP contribution < -0.4 is 10.1 Å². The number of nitriles is 1. The summed E-state index contributed by atoms with van der Waals surface area (Å²) in [5, 5.41) is 32.3. The van der Waals surface area contributed by atoms with Crippen molar-refractivity contribution in [3.8, 4) is 11.8 Å². The van der Waals surface area contributed by atoms with Crippen molar-refractivity contribution in [2.75, 3.05) is 19.7 Å². The molecule has 0 aromatic heterocycles. The number of aliphatic hydroxyl groups is 1. The molecule has 1 unspecified atom stereocenters. The second-order valence-electron chi connectivity index (χ2n) is 4.22. The molecule has 0 bridgehead atoms. The van der Waals surface area contributed by atoms with Gasteiger partial charge in [0.05, 0.1) is 16.6 Å². The van der Waals surface area contributed by atoms with Gasteiger partial charge in [-0.15, -0.1) is 0 Å². The highest BCUT2D eigenvalue weighted by Gasteiger charge is 2.17. The molecule has 0 aliphatic heterocycles. The van der Waals surface area contributed by atoms with Gasteiger partial charge >= 0.3 is 5.69 Å². The maximum atomic E-state index is 10.9. The Morgan fingerprint density at radius 1 is 1.60 bits per heavy atom. The molecule has 7 heteroatoms. The molecule has 1 aromatic carbocycles. The van der Waals surface area contributed by atoms with Gasteiger partial charge in [0.15, 0.2) is 5.75 Å². The zero-order chi connectivity index (χ0) is 15.0. The highest BCUT2D eigenvalue weighted by molar-refractivity contribution is 5.51. The number of benzene rings is 1. The number of nitro benzene ring substituents is 1. The van der Waals surface area contributed by atoms with Gasteiger partial charge in [0.25, 0.3) is 0 Å². The highest BCUT2D eigenvalue weighted by atomic mass is 16.6. The van der Waals surface area contributed by atoms with Crippen LogP contribution in [0.5, 0.6) is 5.75 Å². The third kappa shape index (κ3) is 4.84. The largest absolute Gasteiger partial charge is 0.484 e. The molecular formula is C13H17N3O4. The molecule has 0 saturated heterocycles. The van der Waals surface area contributed by atoms with Crippen molar-refractivity contribution in [3.05, 3.63) is 33.9 Å². The van der Waals surface area contributed by atoms with Crippen LogP contribution in [0.3, 0.4) is 0 Å². The number of rotatable bonds is 8. The minimum absolute atomic E-state index is 0.0449. The van der Waals surface area contributed by atoms with Crippen molar-refractivity contribution < 1.29 is 14.8 Å². The van der Waals surface area contributed by atoms with E-state index < -0.39 is 11.0 Å². The summed E-state index contributed by atoms with van der Waals surface area (Å²) in [6, 6.07) is 5.78. The summed E-state index contributed by atoms with van der Waals surface area (Å²) in [6.45, 7) is 3.10. The lowest BCUT2D eigenvalue weighted by Gasteiger charge is -2.13. The number of aliphatic hydroxyl groups excluding tert-OH is 1. The second kappa shape index (κ2) is 8.09. The van der Waals surface area contributed by atoms with Crippen molar-refractivity contribution in [1.82, 2.24) is 5.32 Å². The van der Waals surface area contributed by atoms with Gasteiger partial charge < -0.3 is 15.2 Å². The number of nitro groups is 1. The predicted octanol–water partition coefficient (Wildman–Crippen LogP) is 1.21. The lowest BCUT2D eigenvalue weighted by Crippen LogP contribution is -2.31. The molecule has 0 aliphatic rings. The van der Waals surface area contributed by atoms with Crippen LogP contribution >= 0.6 is 0 Å². The van der Waals surface area contributed by atoms with Gasteiger partial charge in [0.1, 0.15) is 12.7 Å². The normalized spacial score (nSPS) is 11.7. The van der Waals surface area contributed by atoms with Crippen molar-refractivity contribution in [1.29, 1.82) is 5.26 Å². The first-order valence-electron chi connectivity index (χ1n) is 6.28. The van der Waals surface area contributed by atoms with Crippen LogP contribution in [0, 0.1) is 21.4 Å². The highest BCUT2D eigenvalue weighted by Crippen LogP contribution is 2.27. The van der Waals surface area contributed by atoms with Crippen LogP contribution in [-0.4, -0.2) is 35.8 Å². The summed E-state index contributed by atoms with van der Waals surface area (Å²) in [6.07, 6.45) is 0.200. The van der Waals surface area contributed by atoms with Gasteiger partial charge in [-0.2, -0.15) is 5.26 Å². The Bertz CT molecular complexity index is 499. The van der Waals surface area contributed by atoms with E-state index in [0.717, 1.165) is 19.0 Å². The minimum atomic E-state index is -0.753. The van der Waals surface area contributed by atoms with Crippen LogP contribution in [0.25, 0.3) is 0 Å². The lowest BCUT2D eigenvalue weighted by molar-refractivity contribution is -0.385. The molecule has 0 fully saturated rings. The fourth-order valence-corrected chi connectivity index (χ4v) is 1.54. The van der Waals surface area contributed by atoms with Crippen LogP contribution in [0.15, 0.2) is 18.2 Å². The zero-order valence-electron chi connectivity index (χ0n) is 11.2. The molecule has 0 saturated carbocycles. The molecule has 20 heavy (non-hydrogen) atoms. The average molecular weight is 279 g/mol. The smallest absolute Gasteiger partial charge is 0.312 e. The topological polar surface area (TPSA) is 108 Å². The fraction of sp³-hybridized carbons (Fsp3) is 0.462. The lowest BCUT2D eigenvalue weighted by atomic mass is 10.2. The summed E-state index contributed by atoms with van der Waals surface area (Å²) >= 11 is 0. The number of ether oxygens (including phenoxy) is 1. The van der Waals surface area contributed by atoms with Gasteiger partial charge in [-0.3, -0.25) is 10.1 Å². The quantitative estimate of drug-likeness (QED) is 0.420. The van der Waals surface area contributed by atoms with Crippen LogP contribution in [0.4, 0.5) is 5.69 Å². The van der Waals surface area contributed by atoms with Crippen LogP contribution in [0.1, 0.15) is 18.9 Å². The van der Waals surface area contributed by atoms with E-state index in [4.69, 9.17) is 10.00 Å². The molecule has 7 nitrogen and oxygen atoms in total. The zero-order valence-corrected chi connectivity index (χ0v) is 11.2. The molecule has 0 radical (unpaired) electrons. The number of hydrogen-bond acceptors (Lipinski definition) is 6. The fourth-order valence-electron chi connectivity index (χ4n) is 1.54. The summed E-state index contributed by atoms with van der Waals surface area (Å²) in [7, 11) is 0. The van der Waals surface area contributed by atoms with Crippen molar-refractivity contribution in [2.45, 2.75) is 19.4 Å². The van der Waals surface area contributed by atoms with Gasteiger partial charge in [0, 0.05) is 12.6 Å². The predicted molar refractivity (Wildman–Crippen MR) is 72.5 cm³/mol. The van der Waals surface area contributed by atoms with E-state index in [2.05, 4.69) is 5.32 Å². The Morgan fingerprint density at radius 3 is 2.95 bits per heavy atom. The first-order valence-corrected chi connectivity index (χ1v) is 6.28. The van der Waals surface area contributed by atoms with Crippen molar-refractivity contribution >= 4 is 5.69 Å².